The first kappa shape index (κ1) is 38.2. The number of fused-ring (bicyclic) bond motifs is 1. The molecule has 6 aromatic carbocycles. The average molecular weight is 694 g/mol. The van der Waals surface area contributed by atoms with Crippen LogP contribution >= 0.6 is 11.6 Å². The molecule has 51 heavy (non-hydrogen) atoms. The number of nitrogens with one attached hydrogen (secondary N) is 1. The fraction of sp³-hybridized carbons (Fsp3) is 0.133. The summed E-state index contributed by atoms with van der Waals surface area (Å²) >= 11 is 5.16. The molecule has 0 radical (unpaired) electrons. The molecule has 1 aliphatic rings. The summed E-state index contributed by atoms with van der Waals surface area (Å²) in [5, 5.41) is 2.50. The van der Waals surface area contributed by atoms with Crippen LogP contribution in [0.3, 0.4) is 0 Å². The maximum absolute atomic E-state index is 11.7. The molecule has 6 aromatic rings. The summed E-state index contributed by atoms with van der Waals surface area (Å²) in [6.07, 6.45) is 2.91. The van der Waals surface area contributed by atoms with E-state index < -0.39 is 5.24 Å². The van der Waals surface area contributed by atoms with Crippen molar-refractivity contribution in [1.82, 2.24) is 5.32 Å². The van der Waals surface area contributed by atoms with Gasteiger partial charge in [0.1, 0.15) is 0 Å². The second-order valence-corrected chi connectivity index (χ2v) is 11.9. The Bertz CT molecular complexity index is 1900. The van der Waals surface area contributed by atoms with E-state index in [4.69, 9.17) is 17.3 Å². The van der Waals surface area contributed by atoms with Crippen LogP contribution in [0.2, 0.25) is 0 Å². The van der Waals surface area contributed by atoms with Gasteiger partial charge in [-0.3, -0.25) is 14.6 Å². The Morgan fingerprint density at radius 1 is 0.588 bits per heavy atom. The van der Waals surface area contributed by atoms with Crippen LogP contribution < -0.4 is 11.1 Å². The van der Waals surface area contributed by atoms with Crippen molar-refractivity contribution in [3.63, 3.8) is 0 Å². The fourth-order valence-corrected chi connectivity index (χ4v) is 5.35. The number of rotatable bonds is 8. The van der Waals surface area contributed by atoms with E-state index in [-0.39, 0.29) is 5.91 Å². The van der Waals surface area contributed by atoms with E-state index in [1.54, 1.807) is 24.3 Å². The van der Waals surface area contributed by atoms with Crippen molar-refractivity contribution in [1.29, 1.82) is 0 Å². The minimum Gasteiger partial charge on any atom is -0.352 e. The molecule has 258 valence electrons. The molecule has 0 atom stereocenters. The normalized spacial score (nSPS) is 11.0. The lowest BCUT2D eigenvalue weighted by atomic mass is 9.93. The highest BCUT2D eigenvalue weighted by Crippen LogP contribution is 2.20. The largest absolute Gasteiger partial charge is 0.352 e. The van der Waals surface area contributed by atoms with Gasteiger partial charge in [-0.05, 0) is 66.2 Å². The Hall–Kier alpha value is -5.62. The SMILES string of the molecule is NCCc1ccccc1.O=C(Cl)c1ccccc1.O=C(NCCc1ccccc1)c1ccccc1.c1ccc(C2=NCCc3ccccc32)cc1. The standard InChI is InChI=1S/C15H15NO.C15H13N.C8H11N.C7H5ClO/c17-15(14-9-5-2-6-10-14)16-12-11-13-7-3-1-4-8-13;1-2-7-13(8-3-1)15-14-9-5-4-6-12(14)10-11-16-15;9-7-6-8-4-2-1-3-5-8;8-7(9)6-4-2-1-3-5-6/h1-10H,11-12H2,(H,16,17);1-9H,10-11H2;1-5H,6-7,9H2;1-5H. The van der Waals surface area contributed by atoms with E-state index in [0.29, 0.717) is 17.7 Å². The second kappa shape index (κ2) is 22.2. The minimum atomic E-state index is -0.407. The number of aliphatic imine (C=N–C) groups is 1. The molecule has 1 heterocycles. The van der Waals surface area contributed by atoms with E-state index >= 15 is 0 Å². The highest BCUT2D eigenvalue weighted by atomic mass is 35.5. The van der Waals surface area contributed by atoms with Crippen molar-refractivity contribution in [3.05, 3.63) is 215 Å². The van der Waals surface area contributed by atoms with E-state index in [1.807, 2.05) is 78.9 Å². The molecule has 6 heteroatoms. The molecule has 1 amide bonds. The number of nitrogens with two attached hydrogens (primary N) is 1. The van der Waals surface area contributed by atoms with Crippen LogP contribution in [-0.2, 0) is 19.3 Å². The van der Waals surface area contributed by atoms with Crippen molar-refractivity contribution in [2.24, 2.45) is 10.7 Å². The number of amides is 1. The molecule has 0 saturated carbocycles. The molecule has 0 saturated heterocycles. The topological polar surface area (TPSA) is 84.5 Å². The van der Waals surface area contributed by atoms with Gasteiger partial charge in [0, 0.05) is 35.3 Å². The first-order valence-corrected chi connectivity index (χ1v) is 17.5. The van der Waals surface area contributed by atoms with Gasteiger partial charge in [0.05, 0.1) is 5.71 Å². The highest BCUT2D eigenvalue weighted by molar-refractivity contribution is 6.67. The maximum Gasteiger partial charge on any atom is 0.252 e. The summed E-state index contributed by atoms with van der Waals surface area (Å²) in [6, 6.07) is 57.4. The van der Waals surface area contributed by atoms with Crippen LogP contribution in [0.25, 0.3) is 0 Å². The molecule has 5 nitrogen and oxygen atoms in total. The summed E-state index contributed by atoms with van der Waals surface area (Å²) in [7, 11) is 0. The van der Waals surface area contributed by atoms with Crippen LogP contribution in [0.4, 0.5) is 0 Å². The van der Waals surface area contributed by atoms with Gasteiger partial charge in [0.15, 0.2) is 0 Å². The van der Waals surface area contributed by atoms with Crippen molar-refractivity contribution in [2.45, 2.75) is 19.3 Å². The summed E-state index contributed by atoms with van der Waals surface area (Å²) in [5.41, 5.74) is 14.2. The van der Waals surface area contributed by atoms with Gasteiger partial charge >= 0.3 is 0 Å². The quantitative estimate of drug-likeness (QED) is 0.156. The average Bonchev–Trinajstić information content (AvgIpc) is 3.20. The van der Waals surface area contributed by atoms with Crippen LogP contribution in [0.1, 0.15) is 48.5 Å². The number of hydrogen-bond donors (Lipinski definition) is 2. The molecule has 0 bridgehead atoms. The van der Waals surface area contributed by atoms with Gasteiger partial charge in [-0.1, -0.05) is 164 Å². The van der Waals surface area contributed by atoms with E-state index in [0.717, 1.165) is 38.1 Å². The zero-order valence-corrected chi connectivity index (χ0v) is 29.5. The summed E-state index contributed by atoms with van der Waals surface area (Å²) in [5.74, 6) is -0.0125. The Morgan fingerprint density at radius 3 is 1.59 bits per heavy atom. The van der Waals surface area contributed by atoms with Gasteiger partial charge in [0.25, 0.3) is 11.1 Å². The lowest BCUT2D eigenvalue weighted by molar-refractivity contribution is 0.0953. The van der Waals surface area contributed by atoms with Crippen LogP contribution in [0, 0.1) is 0 Å². The third-order valence-electron chi connectivity index (χ3n) is 7.83. The molecule has 0 fully saturated rings. The summed E-state index contributed by atoms with van der Waals surface area (Å²) in [4.78, 5) is 26.8. The summed E-state index contributed by atoms with van der Waals surface area (Å²) < 4.78 is 0. The lowest BCUT2D eigenvalue weighted by Crippen LogP contribution is -2.25. The van der Waals surface area contributed by atoms with Gasteiger partial charge in [-0.25, -0.2) is 0 Å². The zero-order chi connectivity index (χ0) is 35.9. The predicted octanol–water partition coefficient (Wildman–Crippen LogP) is 8.99. The zero-order valence-electron chi connectivity index (χ0n) is 28.7. The smallest absolute Gasteiger partial charge is 0.252 e. The molecule has 0 spiro atoms. The lowest BCUT2D eigenvalue weighted by Gasteiger charge is -2.16. The third kappa shape index (κ3) is 13.7. The number of carbonyl (C=O) groups excluding carboxylic acids is 2. The number of nitrogens with zero attached hydrogens (tertiary/aromatic N) is 1. The molecule has 3 N–H and O–H groups in total. The van der Waals surface area contributed by atoms with Crippen LogP contribution in [0.5, 0.6) is 0 Å². The summed E-state index contributed by atoms with van der Waals surface area (Å²) in [6.45, 7) is 2.31. The predicted molar refractivity (Wildman–Crippen MR) is 212 cm³/mol. The van der Waals surface area contributed by atoms with E-state index in [2.05, 4.69) is 83.1 Å². The molecule has 0 aliphatic carbocycles. The Kier molecular flexibility index (Phi) is 16.6. The van der Waals surface area contributed by atoms with Gasteiger partial charge in [-0.15, -0.1) is 0 Å². The van der Waals surface area contributed by atoms with E-state index in [9.17, 15) is 9.59 Å². The Labute approximate surface area is 306 Å². The second-order valence-electron chi connectivity index (χ2n) is 11.5. The van der Waals surface area contributed by atoms with Crippen LogP contribution in [0.15, 0.2) is 181 Å². The molecular weight excluding hydrogens is 650 g/mol. The maximum atomic E-state index is 11.7. The Morgan fingerprint density at radius 2 is 1.06 bits per heavy atom. The van der Waals surface area contributed by atoms with Crippen molar-refractivity contribution >= 4 is 28.5 Å². The van der Waals surface area contributed by atoms with Crippen molar-refractivity contribution < 1.29 is 9.59 Å². The Balaban J connectivity index is 0.000000159. The van der Waals surface area contributed by atoms with Crippen molar-refractivity contribution in [2.75, 3.05) is 19.6 Å². The molecule has 0 aromatic heterocycles. The first-order valence-electron chi connectivity index (χ1n) is 17.1. The minimum absolute atomic E-state index is 0.0125. The van der Waals surface area contributed by atoms with Gasteiger partial charge < -0.3 is 11.1 Å². The molecular formula is C45H44ClN3O2. The van der Waals surface area contributed by atoms with Gasteiger partial charge in [-0.2, -0.15) is 0 Å². The van der Waals surface area contributed by atoms with E-state index in [1.165, 1.54) is 27.8 Å². The fourth-order valence-electron chi connectivity index (χ4n) is 5.22. The number of halogens is 1. The number of hydrogen-bond acceptors (Lipinski definition) is 4. The highest BCUT2D eigenvalue weighted by Gasteiger charge is 2.14. The van der Waals surface area contributed by atoms with Gasteiger partial charge in [0.2, 0.25) is 0 Å². The first-order chi connectivity index (χ1) is 25.0. The monoisotopic (exact) mass is 693 g/mol. The number of carbonyl (C=O) groups is 2. The third-order valence-corrected chi connectivity index (χ3v) is 8.04. The van der Waals surface area contributed by atoms with Crippen molar-refractivity contribution in [3.8, 4) is 0 Å². The van der Waals surface area contributed by atoms with Crippen LogP contribution in [-0.4, -0.2) is 36.5 Å². The number of benzene rings is 6. The molecule has 7 rings (SSSR count). The molecule has 0 unspecified atom stereocenters. The molecule has 1 aliphatic heterocycles.